The first-order valence-corrected chi connectivity index (χ1v) is 13.6. The van der Waals surface area contributed by atoms with E-state index in [1.165, 1.54) is 5.56 Å². The van der Waals surface area contributed by atoms with E-state index >= 15 is 0 Å². The first-order valence-electron chi connectivity index (χ1n) is 12.9. The van der Waals surface area contributed by atoms with E-state index in [2.05, 4.69) is 20.5 Å². The Morgan fingerprint density at radius 3 is 2.42 bits per heavy atom. The van der Waals surface area contributed by atoms with E-state index in [9.17, 15) is 4.79 Å². The highest BCUT2D eigenvalue weighted by Crippen LogP contribution is 2.40. The summed E-state index contributed by atoms with van der Waals surface area (Å²) in [6.45, 7) is 3.44. The van der Waals surface area contributed by atoms with Gasteiger partial charge in [-0.15, -0.1) is 0 Å². The molecule has 1 aliphatic heterocycles. The molecule has 1 amide bonds. The molecule has 0 atom stereocenters. The van der Waals surface area contributed by atoms with Gasteiger partial charge < -0.3 is 14.6 Å². The number of carbonyl (C=O) groups is 1. The molecule has 3 aromatic carbocycles. The van der Waals surface area contributed by atoms with Crippen LogP contribution >= 0.6 is 23.2 Å². The van der Waals surface area contributed by atoms with Crippen LogP contribution in [-0.4, -0.2) is 21.5 Å². The van der Waals surface area contributed by atoms with E-state index in [4.69, 9.17) is 27.9 Å². The molecule has 1 N–H and O–H groups in total. The Morgan fingerprint density at radius 1 is 0.947 bits per heavy atom. The fraction of sp³-hybridized carbons (Fsp3) is 0.194. The Hall–Kier alpha value is -3.67. The van der Waals surface area contributed by atoms with Gasteiger partial charge in [0.1, 0.15) is 17.1 Å². The molecular weight excluding hydrogens is 517 g/mol. The summed E-state index contributed by atoms with van der Waals surface area (Å²) in [5, 5.41) is 4.26. The Balaban J connectivity index is 1.59. The highest BCUT2D eigenvalue weighted by molar-refractivity contribution is 6.34. The van der Waals surface area contributed by atoms with E-state index in [0.717, 1.165) is 59.6 Å². The summed E-state index contributed by atoms with van der Waals surface area (Å²) >= 11 is 12.6. The van der Waals surface area contributed by atoms with Gasteiger partial charge in [0.05, 0.1) is 23.0 Å². The molecule has 0 radical (unpaired) electrons. The van der Waals surface area contributed by atoms with Crippen molar-refractivity contribution < 1.29 is 9.53 Å². The van der Waals surface area contributed by atoms with Crippen molar-refractivity contribution in [3.63, 3.8) is 0 Å². The van der Waals surface area contributed by atoms with Gasteiger partial charge in [0.15, 0.2) is 0 Å². The summed E-state index contributed by atoms with van der Waals surface area (Å²) in [4.78, 5) is 14.0. The van der Waals surface area contributed by atoms with Crippen molar-refractivity contribution in [3.8, 4) is 28.1 Å². The summed E-state index contributed by atoms with van der Waals surface area (Å²) in [7, 11) is 0. The molecule has 5 aromatic rings. The van der Waals surface area contributed by atoms with Crippen LogP contribution in [0.4, 0.5) is 5.69 Å². The fourth-order valence-electron chi connectivity index (χ4n) is 5.40. The lowest BCUT2D eigenvalue weighted by atomic mass is 9.97. The number of halogens is 2. The normalized spacial score (nSPS) is 12.9. The maximum atomic E-state index is 14.0. The number of amides is 1. The monoisotopic (exact) mass is 543 g/mol. The number of aryl methyl sites for hydroxylation is 2. The van der Waals surface area contributed by atoms with Crippen molar-refractivity contribution >= 4 is 40.4 Å². The van der Waals surface area contributed by atoms with Crippen LogP contribution in [0.3, 0.4) is 0 Å². The van der Waals surface area contributed by atoms with Gasteiger partial charge in [0.2, 0.25) is 0 Å². The summed E-state index contributed by atoms with van der Waals surface area (Å²) in [6, 6.07) is 23.2. The standard InChI is InChI=1S/C31H27Cl2N3O2/c1-2-38-23-16-12-21(13-17-23)28-24-7-5-6-18-35-27(20-10-14-22(32)15-11-20)19-36(31(24)35)29(28)30(37)34-26-9-4-3-8-25(26)33/h3-4,8-17,19H,2,5-7,18H2,1H3,(H,34,37). The molecule has 7 heteroatoms. The van der Waals surface area contributed by atoms with Gasteiger partial charge in [0.25, 0.3) is 5.91 Å². The van der Waals surface area contributed by atoms with Crippen LogP contribution in [0.2, 0.25) is 10.0 Å². The van der Waals surface area contributed by atoms with E-state index in [-0.39, 0.29) is 5.91 Å². The molecule has 0 bridgehead atoms. The van der Waals surface area contributed by atoms with Crippen LogP contribution in [-0.2, 0) is 13.0 Å². The minimum Gasteiger partial charge on any atom is -0.494 e. The highest BCUT2D eigenvalue weighted by Gasteiger charge is 2.30. The minimum absolute atomic E-state index is 0.205. The molecule has 0 fully saturated rings. The molecule has 0 saturated heterocycles. The van der Waals surface area contributed by atoms with Gasteiger partial charge in [-0.1, -0.05) is 59.6 Å². The van der Waals surface area contributed by atoms with Crippen molar-refractivity contribution in [2.24, 2.45) is 0 Å². The van der Waals surface area contributed by atoms with Crippen LogP contribution < -0.4 is 10.1 Å². The fourth-order valence-corrected chi connectivity index (χ4v) is 5.71. The SMILES string of the molecule is CCOc1ccc(-c2c3c4n(c(-c5ccc(Cl)cc5)cn4c2C(=O)Nc2ccccc2Cl)CCCC3)cc1. The van der Waals surface area contributed by atoms with Crippen LogP contribution in [0.25, 0.3) is 28.0 Å². The Morgan fingerprint density at radius 2 is 1.68 bits per heavy atom. The summed E-state index contributed by atoms with van der Waals surface area (Å²) in [5.74, 6) is 0.603. The second kappa shape index (κ2) is 10.2. The molecule has 0 saturated carbocycles. The molecule has 0 aliphatic carbocycles. The zero-order valence-electron chi connectivity index (χ0n) is 21.0. The second-order valence-electron chi connectivity index (χ2n) is 9.42. The maximum absolute atomic E-state index is 14.0. The number of hydrogen-bond acceptors (Lipinski definition) is 2. The van der Waals surface area contributed by atoms with Gasteiger partial charge in [-0.25, -0.2) is 0 Å². The molecule has 38 heavy (non-hydrogen) atoms. The van der Waals surface area contributed by atoms with Crippen LogP contribution in [0, 0.1) is 0 Å². The first kappa shape index (κ1) is 24.7. The van der Waals surface area contributed by atoms with Crippen LogP contribution in [0.5, 0.6) is 5.75 Å². The molecule has 192 valence electrons. The van der Waals surface area contributed by atoms with E-state index in [1.807, 2.05) is 73.7 Å². The van der Waals surface area contributed by atoms with Crippen molar-refractivity contribution in [1.29, 1.82) is 0 Å². The minimum atomic E-state index is -0.205. The molecule has 0 spiro atoms. The van der Waals surface area contributed by atoms with Gasteiger partial charge in [-0.05, 0) is 73.7 Å². The number of benzene rings is 3. The van der Waals surface area contributed by atoms with E-state index in [1.54, 1.807) is 6.07 Å². The summed E-state index contributed by atoms with van der Waals surface area (Å²) < 4.78 is 10.1. The van der Waals surface area contributed by atoms with Gasteiger partial charge >= 0.3 is 0 Å². The van der Waals surface area contributed by atoms with E-state index < -0.39 is 0 Å². The lowest BCUT2D eigenvalue weighted by molar-refractivity contribution is 0.102. The second-order valence-corrected chi connectivity index (χ2v) is 10.3. The number of rotatable bonds is 6. The summed E-state index contributed by atoms with van der Waals surface area (Å²) in [5.41, 5.74) is 7.46. The predicted molar refractivity (Wildman–Crippen MR) is 155 cm³/mol. The number of ether oxygens (including phenoxy) is 1. The number of para-hydroxylation sites is 1. The number of imidazole rings is 1. The molecule has 0 unspecified atom stereocenters. The quantitative estimate of drug-likeness (QED) is 0.234. The number of hydrogen-bond donors (Lipinski definition) is 1. The Bertz CT molecular complexity index is 1630. The van der Waals surface area contributed by atoms with Crippen LogP contribution in [0.15, 0.2) is 79.0 Å². The molecule has 1 aliphatic rings. The number of carbonyl (C=O) groups excluding carboxylic acids is 1. The molecule has 6 rings (SSSR count). The molecular formula is C31H27Cl2N3O2. The molecule has 5 nitrogen and oxygen atoms in total. The van der Waals surface area contributed by atoms with E-state index in [0.29, 0.717) is 28.0 Å². The van der Waals surface area contributed by atoms with Crippen molar-refractivity contribution in [3.05, 3.63) is 100 Å². The lowest BCUT2D eigenvalue weighted by Crippen LogP contribution is -2.15. The lowest BCUT2D eigenvalue weighted by Gasteiger charge is -2.12. The zero-order chi connectivity index (χ0) is 26.2. The van der Waals surface area contributed by atoms with Crippen molar-refractivity contribution in [2.75, 3.05) is 11.9 Å². The largest absolute Gasteiger partial charge is 0.494 e. The number of nitrogens with zero attached hydrogens (tertiary/aromatic N) is 2. The molecule has 3 heterocycles. The summed E-state index contributed by atoms with van der Waals surface area (Å²) in [6.07, 6.45) is 5.06. The van der Waals surface area contributed by atoms with Gasteiger partial charge in [0, 0.05) is 28.9 Å². The topological polar surface area (TPSA) is 47.7 Å². The smallest absolute Gasteiger partial charge is 0.273 e. The van der Waals surface area contributed by atoms with Crippen molar-refractivity contribution in [1.82, 2.24) is 8.97 Å². The average Bonchev–Trinajstić information content (AvgIpc) is 3.34. The number of anilines is 1. The first-order chi connectivity index (χ1) is 18.5. The third-order valence-electron chi connectivity index (χ3n) is 7.07. The Kier molecular flexibility index (Phi) is 6.64. The highest BCUT2D eigenvalue weighted by atomic mass is 35.5. The third kappa shape index (κ3) is 4.36. The number of nitrogens with one attached hydrogen (secondary N) is 1. The van der Waals surface area contributed by atoms with Crippen LogP contribution in [0.1, 0.15) is 35.8 Å². The van der Waals surface area contributed by atoms with Crippen molar-refractivity contribution in [2.45, 2.75) is 32.7 Å². The average molecular weight is 544 g/mol. The zero-order valence-corrected chi connectivity index (χ0v) is 22.5. The third-order valence-corrected chi connectivity index (χ3v) is 7.65. The molecule has 2 aromatic heterocycles. The van der Waals surface area contributed by atoms with Gasteiger partial charge in [-0.3, -0.25) is 9.20 Å². The Labute approximate surface area is 231 Å². The maximum Gasteiger partial charge on any atom is 0.273 e. The van der Waals surface area contributed by atoms with Gasteiger partial charge in [-0.2, -0.15) is 0 Å². The predicted octanol–water partition coefficient (Wildman–Crippen LogP) is 8.37. The number of aromatic nitrogens is 2.